The normalized spacial score (nSPS) is 21.8. The number of hydrogen-bond donors (Lipinski definition) is 2. The number of nitrogens with one attached hydrogen (secondary N) is 2. The van der Waals surface area contributed by atoms with Crippen LogP contribution in [-0.4, -0.2) is 74.4 Å². The summed E-state index contributed by atoms with van der Waals surface area (Å²) in [5.41, 5.74) is 0. The number of hydrogen-bond acceptors (Lipinski definition) is 5. The van der Waals surface area contributed by atoms with Gasteiger partial charge in [-0.1, -0.05) is 6.07 Å². The van der Waals surface area contributed by atoms with Gasteiger partial charge in [0.05, 0.1) is 19.3 Å². The van der Waals surface area contributed by atoms with Gasteiger partial charge in [0.25, 0.3) is 0 Å². The first-order valence-corrected chi connectivity index (χ1v) is 10.2. The first kappa shape index (κ1) is 18.6. The lowest BCUT2D eigenvalue weighted by Gasteiger charge is -2.30. The minimum atomic E-state index is -0.0680. The SMILES string of the molecule is CC(CN1CCOCC1)NC(=O)NCC(c1cccs1)N1CCCC1. The molecule has 7 heteroatoms. The van der Waals surface area contributed by atoms with Crippen molar-refractivity contribution in [2.45, 2.75) is 31.8 Å². The molecule has 0 spiro atoms. The first-order valence-electron chi connectivity index (χ1n) is 9.34. The monoisotopic (exact) mass is 366 g/mol. The van der Waals surface area contributed by atoms with Crippen LogP contribution in [0.4, 0.5) is 4.79 Å². The summed E-state index contributed by atoms with van der Waals surface area (Å²) in [5.74, 6) is 0. The van der Waals surface area contributed by atoms with Gasteiger partial charge in [0.15, 0.2) is 0 Å². The molecule has 2 aliphatic rings. The standard InChI is InChI=1S/C18H30N4O2S/c1-15(14-21-8-10-24-11-9-21)20-18(23)19-13-16(17-5-4-12-25-17)22-6-2-3-7-22/h4-5,12,15-16H,2-3,6-11,13-14H2,1H3,(H2,19,20,23). The minimum Gasteiger partial charge on any atom is -0.379 e. The van der Waals surface area contributed by atoms with Crippen molar-refractivity contribution in [2.75, 3.05) is 52.5 Å². The Morgan fingerprint density at radius 3 is 2.72 bits per heavy atom. The Morgan fingerprint density at radius 2 is 2.04 bits per heavy atom. The fourth-order valence-corrected chi connectivity index (χ4v) is 4.49. The quantitative estimate of drug-likeness (QED) is 0.774. The number of ether oxygens (including phenoxy) is 1. The Balaban J connectivity index is 1.44. The Morgan fingerprint density at radius 1 is 1.28 bits per heavy atom. The van der Waals surface area contributed by atoms with Crippen LogP contribution in [0.15, 0.2) is 17.5 Å². The number of nitrogens with zero attached hydrogens (tertiary/aromatic N) is 2. The molecule has 2 unspecified atom stereocenters. The zero-order valence-corrected chi connectivity index (χ0v) is 15.9. The van der Waals surface area contributed by atoms with E-state index in [9.17, 15) is 4.79 Å². The summed E-state index contributed by atoms with van der Waals surface area (Å²) in [6, 6.07) is 4.62. The molecule has 25 heavy (non-hydrogen) atoms. The molecule has 140 valence electrons. The number of carbonyl (C=O) groups excluding carboxylic acids is 1. The molecule has 0 bridgehead atoms. The van der Waals surface area contributed by atoms with Gasteiger partial charge in [-0.15, -0.1) is 11.3 Å². The van der Waals surface area contributed by atoms with Crippen LogP contribution in [0.25, 0.3) is 0 Å². The van der Waals surface area contributed by atoms with E-state index >= 15 is 0 Å². The lowest BCUT2D eigenvalue weighted by molar-refractivity contribution is 0.0349. The molecule has 0 aliphatic carbocycles. The summed E-state index contributed by atoms with van der Waals surface area (Å²) in [5, 5.41) is 8.27. The van der Waals surface area contributed by atoms with Crippen molar-refractivity contribution in [1.29, 1.82) is 0 Å². The summed E-state index contributed by atoms with van der Waals surface area (Å²) in [6.07, 6.45) is 2.51. The maximum Gasteiger partial charge on any atom is 0.315 e. The van der Waals surface area contributed by atoms with Gasteiger partial charge in [-0.2, -0.15) is 0 Å². The Hall–Kier alpha value is -1.15. The van der Waals surface area contributed by atoms with Crippen LogP contribution in [0.2, 0.25) is 0 Å². The maximum absolute atomic E-state index is 12.3. The third-order valence-electron chi connectivity index (χ3n) is 4.92. The lowest BCUT2D eigenvalue weighted by atomic mass is 10.2. The van der Waals surface area contributed by atoms with E-state index in [0.29, 0.717) is 12.6 Å². The van der Waals surface area contributed by atoms with E-state index in [-0.39, 0.29) is 12.1 Å². The molecule has 0 radical (unpaired) electrons. The average molecular weight is 367 g/mol. The number of thiophene rings is 1. The fraction of sp³-hybridized carbons (Fsp3) is 0.722. The fourth-order valence-electron chi connectivity index (χ4n) is 3.62. The van der Waals surface area contributed by atoms with Crippen LogP contribution in [-0.2, 0) is 4.74 Å². The molecule has 2 atom stereocenters. The van der Waals surface area contributed by atoms with Crippen molar-refractivity contribution in [1.82, 2.24) is 20.4 Å². The number of morpholine rings is 1. The molecule has 1 aromatic heterocycles. The van der Waals surface area contributed by atoms with E-state index in [2.05, 4.69) is 44.9 Å². The van der Waals surface area contributed by atoms with Gasteiger partial charge in [0.2, 0.25) is 0 Å². The average Bonchev–Trinajstić information content (AvgIpc) is 3.30. The number of likely N-dealkylation sites (tertiary alicyclic amines) is 1. The second kappa shape index (κ2) is 9.52. The van der Waals surface area contributed by atoms with E-state index < -0.39 is 0 Å². The molecule has 3 rings (SSSR count). The molecule has 2 N–H and O–H groups in total. The summed E-state index contributed by atoms with van der Waals surface area (Å²) >= 11 is 1.77. The number of carbonyl (C=O) groups is 1. The van der Waals surface area contributed by atoms with Crippen molar-refractivity contribution < 1.29 is 9.53 Å². The van der Waals surface area contributed by atoms with Crippen LogP contribution in [0.3, 0.4) is 0 Å². The Kier molecular flexibility index (Phi) is 7.10. The van der Waals surface area contributed by atoms with Crippen molar-refractivity contribution in [2.24, 2.45) is 0 Å². The van der Waals surface area contributed by atoms with Crippen LogP contribution >= 0.6 is 11.3 Å². The van der Waals surface area contributed by atoms with Crippen LogP contribution in [0.5, 0.6) is 0 Å². The van der Waals surface area contributed by atoms with Gasteiger partial charge < -0.3 is 15.4 Å². The van der Waals surface area contributed by atoms with Gasteiger partial charge in [-0.3, -0.25) is 9.80 Å². The molecular formula is C18H30N4O2S. The number of rotatable bonds is 7. The molecule has 0 aromatic carbocycles. The Labute approximate surface area is 154 Å². The number of amides is 2. The molecule has 1 aromatic rings. The second-order valence-corrected chi connectivity index (χ2v) is 7.92. The summed E-state index contributed by atoms with van der Waals surface area (Å²) in [4.78, 5) is 18.5. The highest BCUT2D eigenvalue weighted by Gasteiger charge is 2.25. The summed E-state index contributed by atoms with van der Waals surface area (Å²) < 4.78 is 5.37. The highest BCUT2D eigenvalue weighted by molar-refractivity contribution is 7.10. The molecule has 2 amide bonds. The van der Waals surface area contributed by atoms with E-state index in [0.717, 1.165) is 45.9 Å². The predicted molar refractivity (Wildman–Crippen MR) is 101 cm³/mol. The zero-order chi connectivity index (χ0) is 17.5. The molecule has 2 fully saturated rings. The highest BCUT2D eigenvalue weighted by Crippen LogP contribution is 2.27. The second-order valence-electron chi connectivity index (χ2n) is 6.94. The molecule has 0 saturated carbocycles. The minimum absolute atomic E-state index is 0.0680. The molecule has 2 saturated heterocycles. The third-order valence-corrected chi connectivity index (χ3v) is 5.90. The maximum atomic E-state index is 12.3. The Bertz CT molecular complexity index is 513. The third kappa shape index (κ3) is 5.67. The van der Waals surface area contributed by atoms with Gasteiger partial charge in [-0.05, 0) is 44.3 Å². The van der Waals surface area contributed by atoms with Crippen molar-refractivity contribution in [3.8, 4) is 0 Å². The molecular weight excluding hydrogens is 336 g/mol. The largest absolute Gasteiger partial charge is 0.379 e. The lowest BCUT2D eigenvalue weighted by Crippen LogP contribution is -2.49. The van der Waals surface area contributed by atoms with E-state index in [1.807, 2.05) is 0 Å². The van der Waals surface area contributed by atoms with Crippen molar-refractivity contribution >= 4 is 17.4 Å². The van der Waals surface area contributed by atoms with Crippen LogP contribution in [0.1, 0.15) is 30.7 Å². The van der Waals surface area contributed by atoms with E-state index in [1.54, 1.807) is 11.3 Å². The molecule has 6 nitrogen and oxygen atoms in total. The topological polar surface area (TPSA) is 56.8 Å². The summed E-state index contributed by atoms with van der Waals surface area (Å²) in [6.45, 7) is 9.32. The zero-order valence-electron chi connectivity index (χ0n) is 15.1. The first-order chi connectivity index (χ1) is 12.2. The molecule has 3 heterocycles. The smallest absolute Gasteiger partial charge is 0.315 e. The van der Waals surface area contributed by atoms with E-state index in [1.165, 1.54) is 17.7 Å². The van der Waals surface area contributed by atoms with E-state index in [4.69, 9.17) is 4.74 Å². The molecule has 2 aliphatic heterocycles. The van der Waals surface area contributed by atoms with Crippen LogP contribution in [0, 0.1) is 0 Å². The summed E-state index contributed by atoms with van der Waals surface area (Å²) in [7, 11) is 0. The van der Waals surface area contributed by atoms with Gasteiger partial charge >= 0.3 is 6.03 Å². The predicted octanol–water partition coefficient (Wildman–Crippen LogP) is 1.90. The van der Waals surface area contributed by atoms with Gasteiger partial charge in [-0.25, -0.2) is 4.79 Å². The van der Waals surface area contributed by atoms with Gasteiger partial charge in [0, 0.05) is 37.1 Å². The number of urea groups is 1. The van der Waals surface area contributed by atoms with Crippen LogP contribution < -0.4 is 10.6 Å². The van der Waals surface area contributed by atoms with Crippen molar-refractivity contribution in [3.05, 3.63) is 22.4 Å². The van der Waals surface area contributed by atoms with Crippen molar-refractivity contribution in [3.63, 3.8) is 0 Å². The highest BCUT2D eigenvalue weighted by atomic mass is 32.1. The van der Waals surface area contributed by atoms with Gasteiger partial charge in [0.1, 0.15) is 0 Å².